The summed E-state index contributed by atoms with van der Waals surface area (Å²) in [7, 11) is 0.237. The van der Waals surface area contributed by atoms with Crippen LogP contribution in [-0.4, -0.2) is 36.9 Å². The molecule has 1 atom stereocenters. The van der Waals surface area contributed by atoms with E-state index in [4.69, 9.17) is 15.2 Å². The number of hydrogen-bond acceptors (Lipinski definition) is 4. The highest BCUT2D eigenvalue weighted by atomic mass is 32.2. The molecule has 1 aromatic carbocycles. The van der Waals surface area contributed by atoms with E-state index in [9.17, 15) is 8.60 Å². The van der Waals surface area contributed by atoms with Crippen LogP contribution in [0.3, 0.4) is 0 Å². The highest BCUT2D eigenvalue weighted by Crippen LogP contribution is 2.17. The maximum Gasteiger partial charge on any atom is 0.124 e. The molecule has 4 nitrogen and oxygen atoms in total. The van der Waals surface area contributed by atoms with Gasteiger partial charge in [0.25, 0.3) is 0 Å². The smallest absolute Gasteiger partial charge is 0.124 e. The highest BCUT2D eigenvalue weighted by molar-refractivity contribution is 7.85. The maximum atomic E-state index is 13.0. The van der Waals surface area contributed by atoms with Crippen LogP contribution in [0.15, 0.2) is 23.1 Å². The summed E-state index contributed by atoms with van der Waals surface area (Å²) in [5.74, 6) is -0.153. The molecular formula is C11H16FNO3S. The van der Waals surface area contributed by atoms with E-state index in [2.05, 4.69) is 0 Å². The van der Waals surface area contributed by atoms with E-state index in [0.29, 0.717) is 30.4 Å². The van der Waals surface area contributed by atoms with Crippen molar-refractivity contribution < 1.29 is 18.1 Å². The number of anilines is 1. The molecule has 0 fully saturated rings. The fraction of sp³-hybridized carbons (Fsp3) is 0.455. The van der Waals surface area contributed by atoms with Crippen LogP contribution < -0.4 is 5.73 Å². The molecule has 0 saturated heterocycles. The van der Waals surface area contributed by atoms with Gasteiger partial charge >= 0.3 is 0 Å². The Morgan fingerprint density at radius 2 is 2.12 bits per heavy atom. The van der Waals surface area contributed by atoms with Crippen LogP contribution in [-0.2, 0) is 20.3 Å². The normalized spacial score (nSPS) is 12.6. The van der Waals surface area contributed by atoms with Crippen LogP contribution in [0.2, 0.25) is 0 Å². The highest BCUT2D eigenvalue weighted by Gasteiger charge is 2.09. The van der Waals surface area contributed by atoms with Crippen molar-refractivity contribution in [2.45, 2.75) is 4.90 Å². The quantitative estimate of drug-likeness (QED) is 0.591. The number of nitrogen functional groups attached to an aromatic ring is 1. The zero-order valence-corrected chi connectivity index (χ0v) is 10.5. The third-order valence-electron chi connectivity index (χ3n) is 2.07. The molecule has 96 valence electrons. The first-order valence-corrected chi connectivity index (χ1v) is 6.47. The van der Waals surface area contributed by atoms with Crippen molar-refractivity contribution in [2.24, 2.45) is 0 Å². The summed E-state index contributed by atoms with van der Waals surface area (Å²) in [5, 5.41) is 0. The van der Waals surface area contributed by atoms with Gasteiger partial charge in [-0.05, 0) is 18.2 Å². The Labute approximate surface area is 102 Å². The molecule has 1 unspecified atom stereocenters. The molecule has 0 bridgehead atoms. The number of rotatable bonds is 7. The van der Waals surface area contributed by atoms with Gasteiger partial charge in [-0.25, -0.2) is 4.39 Å². The lowest BCUT2D eigenvalue weighted by atomic mass is 10.3. The molecule has 17 heavy (non-hydrogen) atoms. The van der Waals surface area contributed by atoms with Gasteiger partial charge in [-0.3, -0.25) is 4.21 Å². The summed E-state index contributed by atoms with van der Waals surface area (Å²) in [5.41, 5.74) is 5.96. The third kappa shape index (κ3) is 4.80. The van der Waals surface area contributed by atoms with Crippen LogP contribution in [0.25, 0.3) is 0 Å². The van der Waals surface area contributed by atoms with Crippen LogP contribution in [0.1, 0.15) is 0 Å². The minimum absolute atomic E-state index is 0.289. The minimum Gasteiger partial charge on any atom is -0.398 e. The van der Waals surface area contributed by atoms with Crippen molar-refractivity contribution in [2.75, 3.05) is 38.4 Å². The van der Waals surface area contributed by atoms with Gasteiger partial charge in [-0.1, -0.05) is 0 Å². The second kappa shape index (κ2) is 7.37. The SMILES string of the molecule is COCCOCCS(=O)c1cc(F)ccc1N. The van der Waals surface area contributed by atoms with E-state index in [-0.39, 0.29) is 5.75 Å². The Kier molecular flexibility index (Phi) is 6.10. The van der Waals surface area contributed by atoms with Gasteiger partial charge in [0.15, 0.2) is 0 Å². The van der Waals surface area contributed by atoms with E-state index in [1.54, 1.807) is 7.11 Å². The first kappa shape index (κ1) is 14.1. The molecule has 0 aromatic heterocycles. The van der Waals surface area contributed by atoms with Crippen LogP contribution >= 0.6 is 0 Å². The third-order valence-corrected chi connectivity index (χ3v) is 3.45. The van der Waals surface area contributed by atoms with Gasteiger partial charge in [0, 0.05) is 12.8 Å². The summed E-state index contributed by atoms with van der Waals surface area (Å²) in [4.78, 5) is 0.320. The lowest BCUT2D eigenvalue weighted by Gasteiger charge is -2.06. The van der Waals surface area contributed by atoms with Crippen LogP contribution in [0.5, 0.6) is 0 Å². The summed E-state index contributed by atoms with van der Waals surface area (Å²) >= 11 is 0. The molecule has 0 heterocycles. The standard InChI is InChI=1S/C11H16FNO3S/c1-15-4-5-16-6-7-17(14)11-8-9(12)2-3-10(11)13/h2-3,8H,4-7,13H2,1H3. The lowest BCUT2D eigenvalue weighted by Crippen LogP contribution is -2.11. The van der Waals surface area contributed by atoms with Gasteiger partial charge in [0.2, 0.25) is 0 Å². The van der Waals surface area contributed by atoms with Crippen molar-refractivity contribution >= 4 is 16.5 Å². The molecule has 0 aliphatic carbocycles. The molecule has 0 aliphatic rings. The number of nitrogens with two attached hydrogens (primary N) is 1. The molecule has 6 heteroatoms. The fourth-order valence-electron chi connectivity index (χ4n) is 1.19. The molecule has 0 saturated carbocycles. The van der Waals surface area contributed by atoms with Crippen molar-refractivity contribution in [3.8, 4) is 0 Å². The second-order valence-corrected chi connectivity index (χ2v) is 4.88. The van der Waals surface area contributed by atoms with Crippen LogP contribution in [0.4, 0.5) is 10.1 Å². The molecular weight excluding hydrogens is 245 g/mol. The lowest BCUT2D eigenvalue weighted by molar-refractivity contribution is 0.0787. The van der Waals surface area contributed by atoms with Gasteiger partial charge < -0.3 is 15.2 Å². The first-order valence-electron chi connectivity index (χ1n) is 5.15. The van der Waals surface area contributed by atoms with E-state index in [1.807, 2.05) is 0 Å². The molecule has 0 spiro atoms. The van der Waals surface area contributed by atoms with E-state index < -0.39 is 16.6 Å². The van der Waals surface area contributed by atoms with Gasteiger partial charge in [-0.2, -0.15) is 0 Å². The zero-order valence-electron chi connectivity index (χ0n) is 9.65. The van der Waals surface area contributed by atoms with Crippen molar-refractivity contribution in [1.82, 2.24) is 0 Å². The predicted octanol–water partition coefficient (Wildman–Crippen LogP) is 1.18. The largest absolute Gasteiger partial charge is 0.398 e. The molecule has 0 amide bonds. The average molecular weight is 261 g/mol. The molecule has 0 aliphatic heterocycles. The van der Waals surface area contributed by atoms with E-state index >= 15 is 0 Å². The second-order valence-electron chi connectivity index (χ2n) is 3.34. The molecule has 0 radical (unpaired) electrons. The number of methoxy groups -OCH3 is 1. The van der Waals surface area contributed by atoms with Crippen LogP contribution in [0, 0.1) is 5.82 Å². The number of benzene rings is 1. The van der Waals surface area contributed by atoms with Crippen molar-refractivity contribution in [1.29, 1.82) is 0 Å². The Bertz CT molecular complexity index is 387. The summed E-state index contributed by atoms with van der Waals surface area (Å²) < 4.78 is 34.7. The maximum absolute atomic E-state index is 13.0. The topological polar surface area (TPSA) is 61.5 Å². The Hall–Kier alpha value is -0.980. The Morgan fingerprint density at radius 1 is 1.35 bits per heavy atom. The van der Waals surface area contributed by atoms with Gasteiger partial charge in [0.05, 0.1) is 41.3 Å². The van der Waals surface area contributed by atoms with E-state index in [1.165, 1.54) is 18.2 Å². The first-order chi connectivity index (χ1) is 8.15. The minimum atomic E-state index is -1.34. The van der Waals surface area contributed by atoms with Gasteiger partial charge in [-0.15, -0.1) is 0 Å². The van der Waals surface area contributed by atoms with Gasteiger partial charge in [0.1, 0.15) is 5.82 Å². The Morgan fingerprint density at radius 3 is 2.82 bits per heavy atom. The van der Waals surface area contributed by atoms with Crippen molar-refractivity contribution in [3.63, 3.8) is 0 Å². The average Bonchev–Trinajstić information content (AvgIpc) is 2.32. The zero-order chi connectivity index (χ0) is 12.7. The fourth-order valence-corrected chi connectivity index (χ4v) is 2.26. The summed E-state index contributed by atoms with van der Waals surface area (Å²) in [6, 6.07) is 3.85. The molecule has 2 N–H and O–H groups in total. The molecule has 1 rings (SSSR count). The van der Waals surface area contributed by atoms with Crippen molar-refractivity contribution in [3.05, 3.63) is 24.0 Å². The molecule has 1 aromatic rings. The monoisotopic (exact) mass is 261 g/mol. The predicted molar refractivity (Wildman–Crippen MR) is 64.8 cm³/mol. The number of hydrogen-bond donors (Lipinski definition) is 1. The van der Waals surface area contributed by atoms with E-state index in [0.717, 1.165) is 0 Å². The summed E-state index contributed by atoms with van der Waals surface area (Å²) in [6.45, 7) is 1.27. The Balaban J connectivity index is 2.44. The summed E-state index contributed by atoms with van der Waals surface area (Å²) in [6.07, 6.45) is 0. The number of halogens is 1. The number of ether oxygens (including phenoxy) is 2.